The largest absolute Gasteiger partial charge is 0.260 e. The molecular weight excluding hydrogens is 295 g/mol. The number of rotatable bonds is 2. The summed E-state index contributed by atoms with van der Waals surface area (Å²) in [5.74, 6) is -0.240. The molecule has 3 rings (SSSR count). The second-order valence-corrected chi connectivity index (χ2v) is 4.95. The first-order valence-corrected chi connectivity index (χ1v) is 6.38. The first kappa shape index (κ1) is 11.4. The first-order chi connectivity index (χ1) is 8.74. The Labute approximate surface area is 112 Å². The van der Waals surface area contributed by atoms with E-state index < -0.39 is 0 Å². The molecule has 0 aliphatic carbocycles. The Morgan fingerprint density at radius 3 is 2.83 bits per heavy atom. The third-order valence-corrected chi connectivity index (χ3v) is 3.62. The molecule has 0 aliphatic rings. The summed E-state index contributed by atoms with van der Waals surface area (Å²) in [6.07, 6.45) is 1.84. The van der Waals surface area contributed by atoms with Crippen LogP contribution in [0.5, 0.6) is 0 Å². The number of hydrogen-bond donors (Lipinski definition) is 0. The molecule has 0 spiro atoms. The van der Waals surface area contributed by atoms with Gasteiger partial charge in [0.25, 0.3) is 0 Å². The smallest absolute Gasteiger partial charge is 0.124 e. The second-order valence-electron chi connectivity index (χ2n) is 4.10. The Kier molecular flexibility index (Phi) is 2.88. The lowest BCUT2D eigenvalue weighted by Crippen LogP contribution is -2.02. The van der Waals surface area contributed by atoms with Gasteiger partial charge in [-0.2, -0.15) is 5.10 Å². The highest BCUT2D eigenvalue weighted by Gasteiger charge is 2.06. The zero-order chi connectivity index (χ0) is 12.5. The van der Waals surface area contributed by atoms with Crippen LogP contribution in [-0.2, 0) is 6.54 Å². The molecule has 0 saturated carbocycles. The monoisotopic (exact) mass is 304 g/mol. The molecule has 0 fully saturated rings. The van der Waals surface area contributed by atoms with E-state index in [2.05, 4.69) is 21.0 Å². The normalized spacial score (nSPS) is 11.0. The number of halogens is 2. The quantitative estimate of drug-likeness (QED) is 0.700. The maximum Gasteiger partial charge on any atom is 0.124 e. The Morgan fingerprint density at radius 1 is 1.17 bits per heavy atom. The van der Waals surface area contributed by atoms with Gasteiger partial charge >= 0.3 is 0 Å². The summed E-state index contributed by atoms with van der Waals surface area (Å²) in [5.41, 5.74) is 2.08. The Hall–Kier alpha value is -1.68. The lowest BCUT2D eigenvalue weighted by atomic mass is 10.2. The minimum absolute atomic E-state index is 0.240. The molecule has 0 amide bonds. The predicted molar refractivity (Wildman–Crippen MR) is 72.9 cm³/mol. The van der Waals surface area contributed by atoms with E-state index in [9.17, 15) is 4.39 Å². The van der Waals surface area contributed by atoms with Crippen LogP contribution in [0.3, 0.4) is 0 Å². The van der Waals surface area contributed by atoms with Crippen LogP contribution in [0.4, 0.5) is 4.39 Å². The van der Waals surface area contributed by atoms with Crippen molar-refractivity contribution in [3.8, 4) is 0 Å². The molecule has 1 aromatic heterocycles. The van der Waals surface area contributed by atoms with Crippen LogP contribution in [0.2, 0.25) is 0 Å². The molecule has 1 heterocycles. The highest BCUT2D eigenvalue weighted by Crippen LogP contribution is 2.21. The molecule has 3 aromatic rings. The molecule has 0 aliphatic heterocycles. The number of aromatic nitrogens is 2. The van der Waals surface area contributed by atoms with E-state index in [-0.39, 0.29) is 5.82 Å². The molecule has 0 saturated heterocycles. The summed E-state index contributed by atoms with van der Waals surface area (Å²) >= 11 is 3.38. The summed E-state index contributed by atoms with van der Waals surface area (Å²) in [6.45, 7) is 0.619. The van der Waals surface area contributed by atoms with Crippen LogP contribution in [0.1, 0.15) is 5.56 Å². The van der Waals surface area contributed by atoms with Crippen LogP contribution in [0.15, 0.2) is 53.1 Å². The van der Waals surface area contributed by atoms with Gasteiger partial charge < -0.3 is 0 Å². The lowest BCUT2D eigenvalue weighted by Gasteiger charge is -2.06. The van der Waals surface area contributed by atoms with Crippen molar-refractivity contribution in [2.75, 3.05) is 0 Å². The Bertz CT molecular complexity index is 706. The lowest BCUT2D eigenvalue weighted by molar-refractivity contribution is 0.624. The zero-order valence-corrected chi connectivity index (χ0v) is 11.1. The van der Waals surface area contributed by atoms with Crippen LogP contribution in [0, 0.1) is 5.82 Å². The van der Waals surface area contributed by atoms with E-state index in [1.54, 1.807) is 6.07 Å². The van der Waals surface area contributed by atoms with E-state index in [0.717, 1.165) is 20.9 Å². The molecule has 2 nitrogen and oxygen atoms in total. The topological polar surface area (TPSA) is 17.8 Å². The van der Waals surface area contributed by atoms with Crippen molar-refractivity contribution >= 4 is 26.8 Å². The molecule has 0 radical (unpaired) electrons. The van der Waals surface area contributed by atoms with Gasteiger partial charge in [-0.15, -0.1) is 0 Å². The van der Waals surface area contributed by atoms with E-state index in [1.165, 1.54) is 12.1 Å². The fourth-order valence-corrected chi connectivity index (χ4v) is 2.44. The summed E-state index contributed by atoms with van der Waals surface area (Å²) in [7, 11) is 0. The molecule has 18 heavy (non-hydrogen) atoms. The fraction of sp³-hybridized carbons (Fsp3) is 0.0714. The van der Waals surface area contributed by atoms with Crippen molar-refractivity contribution in [1.29, 1.82) is 0 Å². The van der Waals surface area contributed by atoms with Crippen LogP contribution in [0.25, 0.3) is 10.9 Å². The molecule has 4 heteroatoms. The first-order valence-electron chi connectivity index (χ1n) is 5.58. The van der Waals surface area contributed by atoms with Gasteiger partial charge in [-0.25, -0.2) is 4.39 Å². The molecule has 0 atom stereocenters. The van der Waals surface area contributed by atoms with Crippen LogP contribution >= 0.6 is 15.9 Å². The number of fused-ring (bicyclic) bond motifs is 1. The van der Waals surface area contributed by atoms with Gasteiger partial charge in [0.05, 0.1) is 18.3 Å². The highest BCUT2D eigenvalue weighted by atomic mass is 79.9. The van der Waals surface area contributed by atoms with Gasteiger partial charge in [-0.1, -0.05) is 40.2 Å². The Balaban J connectivity index is 2.01. The van der Waals surface area contributed by atoms with E-state index in [4.69, 9.17) is 0 Å². The second kappa shape index (κ2) is 4.53. The number of nitrogens with zero attached hydrogens (tertiary/aromatic N) is 2. The van der Waals surface area contributed by atoms with Gasteiger partial charge in [0.15, 0.2) is 0 Å². The number of benzene rings is 2. The summed E-state index contributed by atoms with van der Waals surface area (Å²) < 4.78 is 15.7. The summed E-state index contributed by atoms with van der Waals surface area (Å²) in [4.78, 5) is 0. The standard InChI is InChI=1S/C14H10BrFN2/c15-13-7-12(16)6-5-11(13)9-18-14-4-2-1-3-10(14)8-17-18/h1-8H,9H2. The number of para-hydroxylation sites is 1. The van der Waals surface area contributed by atoms with Crippen molar-refractivity contribution in [2.45, 2.75) is 6.54 Å². The molecule has 90 valence electrons. The number of hydrogen-bond acceptors (Lipinski definition) is 1. The highest BCUT2D eigenvalue weighted by molar-refractivity contribution is 9.10. The third kappa shape index (κ3) is 2.04. The van der Waals surface area contributed by atoms with Gasteiger partial charge in [0, 0.05) is 9.86 Å². The van der Waals surface area contributed by atoms with E-state index in [1.807, 2.05) is 35.1 Å². The summed E-state index contributed by atoms with van der Waals surface area (Å²) in [6, 6.07) is 12.7. The van der Waals surface area contributed by atoms with Crippen molar-refractivity contribution in [1.82, 2.24) is 9.78 Å². The van der Waals surface area contributed by atoms with Crippen molar-refractivity contribution in [2.24, 2.45) is 0 Å². The molecule has 2 aromatic carbocycles. The minimum atomic E-state index is -0.240. The van der Waals surface area contributed by atoms with Gasteiger partial charge in [-0.05, 0) is 23.8 Å². The minimum Gasteiger partial charge on any atom is -0.260 e. The van der Waals surface area contributed by atoms with Crippen LogP contribution in [-0.4, -0.2) is 9.78 Å². The van der Waals surface area contributed by atoms with Gasteiger partial charge in [0.1, 0.15) is 5.82 Å². The van der Waals surface area contributed by atoms with Gasteiger partial charge in [-0.3, -0.25) is 4.68 Å². The van der Waals surface area contributed by atoms with E-state index in [0.29, 0.717) is 6.54 Å². The average Bonchev–Trinajstić information content (AvgIpc) is 2.76. The predicted octanol–water partition coefficient (Wildman–Crippen LogP) is 3.99. The molecule has 0 unspecified atom stereocenters. The van der Waals surface area contributed by atoms with Crippen molar-refractivity contribution in [3.63, 3.8) is 0 Å². The third-order valence-electron chi connectivity index (χ3n) is 2.89. The maximum atomic E-state index is 13.0. The molecule has 0 N–H and O–H groups in total. The Morgan fingerprint density at radius 2 is 2.00 bits per heavy atom. The molecule has 0 bridgehead atoms. The molecular formula is C14H10BrFN2. The fourth-order valence-electron chi connectivity index (χ4n) is 1.96. The van der Waals surface area contributed by atoms with Crippen LogP contribution < -0.4 is 0 Å². The maximum absolute atomic E-state index is 13.0. The average molecular weight is 305 g/mol. The van der Waals surface area contributed by atoms with Crippen molar-refractivity contribution < 1.29 is 4.39 Å². The summed E-state index contributed by atoms with van der Waals surface area (Å²) in [5, 5.41) is 5.46. The van der Waals surface area contributed by atoms with E-state index >= 15 is 0 Å². The SMILES string of the molecule is Fc1ccc(Cn2ncc3ccccc32)c(Br)c1. The van der Waals surface area contributed by atoms with Crippen molar-refractivity contribution in [3.05, 3.63) is 64.5 Å². The zero-order valence-electron chi connectivity index (χ0n) is 9.48. The van der Waals surface area contributed by atoms with Gasteiger partial charge in [0.2, 0.25) is 0 Å².